The van der Waals surface area contributed by atoms with E-state index < -0.39 is 0 Å². The van der Waals surface area contributed by atoms with Gasteiger partial charge in [0.2, 0.25) is 0 Å². The van der Waals surface area contributed by atoms with Crippen LogP contribution < -0.4 is 0 Å². The standard InChI is InChI=1S/C16H18N2O/c19-16(9-13-8-11-4-5-12(13)7-11)14-10-17-18-6-2-1-3-15(14)18/h1-3,6,10-13H,4-5,7-9H2. The third-order valence-electron chi connectivity index (χ3n) is 5.06. The Bertz CT molecular complexity index is 630. The van der Waals surface area contributed by atoms with Gasteiger partial charge in [0, 0.05) is 12.6 Å². The van der Waals surface area contributed by atoms with Crippen molar-refractivity contribution >= 4 is 11.3 Å². The number of aromatic nitrogens is 2. The predicted octanol–water partition coefficient (Wildman–Crippen LogP) is 3.34. The van der Waals surface area contributed by atoms with Gasteiger partial charge in [-0.3, -0.25) is 4.79 Å². The van der Waals surface area contributed by atoms with E-state index >= 15 is 0 Å². The minimum atomic E-state index is 0.277. The maximum atomic E-state index is 12.5. The summed E-state index contributed by atoms with van der Waals surface area (Å²) in [6.07, 6.45) is 9.72. The smallest absolute Gasteiger partial charge is 0.166 e. The second kappa shape index (κ2) is 4.19. The van der Waals surface area contributed by atoms with Gasteiger partial charge >= 0.3 is 0 Å². The molecule has 0 spiro atoms. The van der Waals surface area contributed by atoms with Crippen molar-refractivity contribution < 1.29 is 4.79 Å². The highest BCUT2D eigenvalue weighted by molar-refractivity contribution is 6.02. The Morgan fingerprint density at radius 3 is 3.05 bits per heavy atom. The van der Waals surface area contributed by atoms with Crippen LogP contribution in [0.15, 0.2) is 30.6 Å². The van der Waals surface area contributed by atoms with Crippen molar-refractivity contribution in [2.45, 2.75) is 32.1 Å². The molecule has 19 heavy (non-hydrogen) atoms. The lowest BCUT2D eigenvalue weighted by Crippen LogP contribution is -2.15. The first-order chi connectivity index (χ1) is 9.31. The second-order valence-electron chi connectivity index (χ2n) is 6.15. The van der Waals surface area contributed by atoms with Crippen LogP contribution in [0, 0.1) is 17.8 Å². The summed E-state index contributed by atoms with van der Waals surface area (Å²) in [4.78, 5) is 12.5. The van der Waals surface area contributed by atoms with Crippen LogP contribution in [0.2, 0.25) is 0 Å². The van der Waals surface area contributed by atoms with Crippen molar-refractivity contribution in [3.63, 3.8) is 0 Å². The van der Waals surface area contributed by atoms with Crippen LogP contribution in [0.25, 0.3) is 5.52 Å². The van der Waals surface area contributed by atoms with Crippen molar-refractivity contribution in [2.75, 3.05) is 0 Å². The van der Waals surface area contributed by atoms with Crippen molar-refractivity contribution in [3.8, 4) is 0 Å². The molecule has 2 heterocycles. The first-order valence-corrected chi connectivity index (χ1v) is 7.27. The summed E-state index contributed by atoms with van der Waals surface area (Å²) in [5.41, 5.74) is 1.74. The van der Waals surface area contributed by atoms with E-state index in [9.17, 15) is 4.79 Å². The molecule has 2 bridgehead atoms. The minimum absolute atomic E-state index is 0.277. The topological polar surface area (TPSA) is 34.4 Å². The molecule has 0 aromatic carbocycles. The summed E-state index contributed by atoms with van der Waals surface area (Å²) in [5, 5.41) is 4.26. The summed E-state index contributed by atoms with van der Waals surface area (Å²) in [6, 6.07) is 5.87. The summed E-state index contributed by atoms with van der Waals surface area (Å²) < 4.78 is 1.79. The number of Topliss-reactive ketones (excluding diaryl/α,β-unsaturated/α-hetero) is 1. The van der Waals surface area contributed by atoms with Gasteiger partial charge in [0.1, 0.15) is 0 Å². The Hall–Kier alpha value is -1.64. The van der Waals surface area contributed by atoms with E-state index in [1.165, 1.54) is 25.7 Å². The SMILES string of the molecule is O=C(CC1CC2CCC1C2)c1cnn2ccccc12. The number of hydrogen-bond donors (Lipinski definition) is 0. The second-order valence-corrected chi connectivity index (χ2v) is 6.15. The number of nitrogens with zero attached hydrogens (tertiary/aromatic N) is 2. The van der Waals surface area contributed by atoms with Crippen LogP contribution in [0.5, 0.6) is 0 Å². The van der Waals surface area contributed by atoms with Crippen LogP contribution in [-0.2, 0) is 0 Å². The van der Waals surface area contributed by atoms with E-state index in [4.69, 9.17) is 0 Å². The quantitative estimate of drug-likeness (QED) is 0.787. The summed E-state index contributed by atoms with van der Waals surface area (Å²) >= 11 is 0. The lowest BCUT2D eigenvalue weighted by Gasteiger charge is -2.20. The first kappa shape index (κ1) is 11.2. The molecule has 3 unspecified atom stereocenters. The van der Waals surface area contributed by atoms with Crippen molar-refractivity contribution in [3.05, 3.63) is 36.2 Å². The minimum Gasteiger partial charge on any atom is -0.294 e. The fraction of sp³-hybridized carbons (Fsp3) is 0.500. The van der Waals surface area contributed by atoms with E-state index in [0.717, 1.165) is 29.3 Å². The fourth-order valence-corrected chi connectivity index (χ4v) is 4.12. The highest BCUT2D eigenvalue weighted by Crippen LogP contribution is 2.49. The normalized spacial score (nSPS) is 29.2. The van der Waals surface area contributed by atoms with Crippen LogP contribution in [-0.4, -0.2) is 15.4 Å². The molecule has 0 N–H and O–H groups in total. The van der Waals surface area contributed by atoms with Crippen LogP contribution >= 0.6 is 0 Å². The zero-order chi connectivity index (χ0) is 12.8. The van der Waals surface area contributed by atoms with Gasteiger partial charge in [0.15, 0.2) is 5.78 Å². The predicted molar refractivity (Wildman–Crippen MR) is 73.1 cm³/mol. The van der Waals surface area contributed by atoms with Gasteiger partial charge < -0.3 is 0 Å². The Kier molecular flexibility index (Phi) is 2.47. The summed E-state index contributed by atoms with van der Waals surface area (Å²) in [7, 11) is 0. The average molecular weight is 254 g/mol. The Balaban J connectivity index is 1.57. The molecule has 2 aliphatic carbocycles. The Labute approximate surface area is 112 Å². The largest absolute Gasteiger partial charge is 0.294 e. The van der Waals surface area contributed by atoms with Crippen LogP contribution in [0.1, 0.15) is 42.5 Å². The molecule has 98 valence electrons. The number of carbonyl (C=O) groups is 1. The molecule has 0 amide bonds. The summed E-state index contributed by atoms with van der Waals surface area (Å²) in [5.74, 6) is 2.63. The third kappa shape index (κ3) is 1.79. The highest BCUT2D eigenvalue weighted by Gasteiger charge is 2.40. The van der Waals surface area contributed by atoms with Crippen LogP contribution in [0.3, 0.4) is 0 Å². The lowest BCUT2D eigenvalue weighted by atomic mass is 9.84. The number of carbonyl (C=O) groups excluding carboxylic acids is 1. The molecule has 4 rings (SSSR count). The molecule has 0 aliphatic heterocycles. The van der Waals surface area contributed by atoms with Gasteiger partial charge in [0.25, 0.3) is 0 Å². The molecule has 0 saturated heterocycles. The van der Waals surface area contributed by atoms with Gasteiger partial charge in [-0.25, -0.2) is 4.52 Å². The number of hydrogen-bond acceptors (Lipinski definition) is 2. The van der Waals surface area contributed by atoms with Crippen LogP contribution in [0.4, 0.5) is 0 Å². The van der Waals surface area contributed by atoms with Gasteiger partial charge in [0.05, 0.1) is 17.3 Å². The van der Waals surface area contributed by atoms with Gasteiger partial charge in [-0.05, 0) is 49.1 Å². The van der Waals surface area contributed by atoms with Crippen molar-refractivity contribution in [2.24, 2.45) is 17.8 Å². The molecule has 2 saturated carbocycles. The fourth-order valence-electron chi connectivity index (χ4n) is 4.12. The van der Waals surface area contributed by atoms with E-state index in [0.29, 0.717) is 5.92 Å². The molecule has 2 aliphatic rings. The molecular formula is C16H18N2O. The summed E-state index contributed by atoms with van der Waals surface area (Å²) in [6.45, 7) is 0. The molecule has 0 radical (unpaired) electrons. The Morgan fingerprint density at radius 1 is 1.32 bits per heavy atom. The van der Waals surface area contributed by atoms with E-state index in [1.807, 2.05) is 24.4 Å². The maximum absolute atomic E-state index is 12.5. The third-order valence-corrected chi connectivity index (χ3v) is 5.06. The number of ketones is 1. The number of fused-ring (bicyclic) bond motifs is 3. The van der Waals surface area contributed by atoms with Crippen molar-refractivity contribution in [1.82, 2.24) is 9.61 Å². The van der Waals surface area contributed by atoms with E-state index in [1.54, 1.807) is 10.7 Å². The zero-order valence-corrected chi connectivity index (χ0v) is 11.0. The van der Waals surface area contributed by atoms with Gasteiger partial charge in [-0.2, -0.15) is 5.10 Å². The van der Waals surface area contributed by atoms with E-state index in [-0.39, 0.29) is 5.78 Å². The lowest BCUT2D eigenvalue weighted by molar-refractivity contribution is 0.0946. The molecular weight excluding hydrogens is 236 g/mol. The van der Waals surface area contributed by atoms with E-state index in [2.05, 4.69) is 5.10 Å². The van der Waals surface area contributed by atoms with Gasteiger partial charge in [-0.15, -0.1) is 0 Å². The maximum Gasteiger partial charge on any atom is 0.166 e. The molecule has 2 fully saturated rings. The Morgan fingerprint density at radius 2 is 2.26 bits per heavy atom. The van der Waals surface area contributed by atoms with Crippen molar-refractivity contribution in [1.29, 1.82) is 0 Å². The number of rotatable bonds is 3. The molecule has 2 aromatic rings. The molecule has 3 atom stereocenters. The zero-order valence-electron chi connectivity index (χ0n) is 11.0. The average Bonchev–Trinajstić information content (AvgIpc) is 3.13. The van der Waals surface area contributed by atoms with Gasteiger partial charge in [-0.1, -0.05) is 12.5 Å². The molecule has 2 aromatic heterocycles. The molecule has 3 heteroatoms. The monoisotopic (exact) mass is 254 g/mol. The highest BCUT2D eigenvalue weighted by atomic mass is 16.1. The first-order valence-electron chi connectivity index (χ1n) is 7.27. The number of pyridine rings is 1. The molecule has 3 nitrogen and oxygen atoms in total.